The molecule has 3 aromatic rings. The first-order valence-electron chi connectivity index (χ1n) is 10.6. The van der Waals surface area contributed by atoms with Crippen molar-refractivity contribution in [3.8, 4) is 22.3 Å². The Balaban J connectivity index is 1.49. The normalized spacial score (nSPS) is 17.3. The predicted molar refractivity (Wildman–Crippen MR) is 117 cm³/mol. The van der Waals surface area contributed by atoms with Crippen molar-refractivity contribution in [3.63, 3.8) is 0 Å². The SMILES string of the molecule is Cn1cc(-c2ccc(-c3cccc4c3C(=O)N(C(C3CC3)C(C)(C)O)C4)cc2)cn1. The highest BCUT2D eigenvalue weighted by Gasteiger charge is 2.48. The van der Waals surface area contributed by atoms with Crippen LogP contribution in [0.15, 0.2) is 54.9 Å². The molecule has 30 heavy (non-hydrogen) atoms. The third-order valence-corrected chi connectivity index (χ3v) is 6.33. The lowest BCUT2D eigenvalue weighted by atomic mass is 9.92. The Bertz CT molecular complexity index is 1100. The van der Waals surface area contributed by atoms with Gasteiger partial charge in [-0.2, -0.15) is 5.10 Å². The van der Waals surface area contributed by atoms with E-state index in [0.717, 1.165) is 46.2 Å². The first-order chi connectivity index (χ1) is 14.3. The van der Waals surface area contributed by atoms with Gasteiger partial charge in [-0.1, -0.05) is 42.5 Å². The molecule has 5 nitrogen and oxygen atoms in total. The molecule has 1 aliphatic carbocycles. The van der Waals surface area contributed by atoms with Crippen LogP contribution in [0.25, 0.3) is 22.3 Å². The summed E-state index contributed by atoms with van der Waals surface area (Å²) in [6.45, 7) is 4.22. The summed E-state index contributed by atoms with van der Waals surface area (Å²) < 4.78 is 1.79. The highest BCUT2D eigenvalue weighted by Crippen LogP contribution is 2.44. The van der Waals surface area contributed by atoms with Gasteiger partial charge in [-0.25, -0.2) is 0 Å². The molecule has 5 rings (SSSR count). The van der Waals surface area contributed by atoms with Crippen LogP contribution < -0.4 is 0 Å². The Morgan fingerprint density at radius 1 is 1.07 bits per heavy atom. The van der Waals surface area contributed by atoms with E-state index in [1.807, 2.05) is 56.4 Å². The van der Waals surface area contributed by atoms with Crippen molar-refractivity contribution in [1.29, 1.82) is 0 Å². The monoisotopic (exact) mass is 401 g/mol. The fraction of sp³-hybridized carbons (Fsp3) is 0.360. The number of amides is 1. The van der Waals surface area contributed by atoms with Crippen LogP contribution in [0.3, 0.4) is 0 Å². The van der Waals surface area contributed by atoms with E-state index in [1.165, 1.54) is 0 Å². The van der Waals surface area contributed by atoms with Crippen LogP contribution in [0.2, 0.25) is 0 Å². The Labute approximate surface area is 177 Å². The van der Waals surface area contributed by atoms with Gasteiger partial charge in [0.05, 0.1) is 23.4 Å². The largest absolute Gasteiger partial charge is 0.388 e. The van der Waals surface area contributed by atoms with Crippen molar-refractivity contribution >= 4 is 5.91 Å². The van der Waals surface area contributed by atoms with Crippen molar-refractivity contribution in [2.24, 2.45) is 13.0 Å². The van der Waals surface area contributed by atoms with Crippen LogP contribution in [-0.4, -0.2) is 37.3 Å². The smallest absolute Gasteiger partial charge is 0.255 e. The molecule has 2 aromatic carbocycles. The van der Waals surface area contributed by atoms with Crippen molar-refractivity contribution in [1.82, 2.24) is 14.7 Å². The molecule has 1 amide bonds. The highest BCUT2D eigenvalue weighted by molar-refractivity contribution is 6.04. The summed E-state index contributed by atoms with van der Waals surface area (Å²) in [4.78, 5) is 15.4. The van der Waals surface area contributed by atoms with Gasteiger partial charge in [0, 0.05) is 25.4 Å². The van der Waals surface area contributed by atoms with Crippen LogP contribution in [0.1, 0.15) is 42.6 Å². The third kappa shape index (κ3) is 3.23. The Morgan fingerprint density at radius 3 is 2.37 bits per heavy atom. The maximum atomic E-state index is 13.5. The molecular weight excluding hydrogens is 374 g/mol. The summed E-state index contributed by atoms with van der Waals surface area (Å²) in [6, 6.07) is 14.2. The lowest BCUT2D eigenvalue weighted by Crippen LogP contribution is -2.51. The van der Waals surface area contributed by atoms with Crippen LogP contribution in [0, 0.1) is 5.92 Å². The van der Waals surface area contributed by atoms with Gasteiger partial charge in [0.25, 0.3) is 5.91 Å². The molecule has 1 saturated carbocycles. The van der Waals surface area contributed by atoms with Gasteiger partial charge in [-0.3, -0.25) is 9.48 Å². The number of benzene rings is 2. The summed E-state index contributed by atoms with van der Waals surface area (Å²) in [5, 5.41) is 15.0. The molecule has 1 aromatic heterocycles. The minimum Gasteiger partial charge on any atom is -0.388 e. The number of carbonyl (C=O) groups excluding carboxylic acids is 1. The first kappa shape index (κ1) is 19.1. The van der Waals surface area contributed by atoms with Crippen molar-refractivity contribution in [3.05, 3.63) is 66.0 Å². The zero-order chi connectivity index (χ0) is 21.0. The van der Waals surface area contributed by atoms with Crippen LogP contribution in [0.4, 0.5) is 0 Å². The van der Waals surface area contributed by atoms with Crippen LogP contribution >= 0.6 is 0 Å². The Hall–Kier alpha value is -2.92. The summed E-state index contributed by atoms with van der Waals surface area (Å²) in [7, 11) is 1.91. The van der Waals surface area contributed by atoms with Gasteiger partial charge in [0.1, 0.15) is 0 Å². The van der Waals surface area contributed by atoms with Crippen molar-refractivity contribution in [2.45, 2.75) is 44.9 Å². The second-order valence-corrected chi connectivity index (χ2v) is 9.19. The molecule has 2 heterocycles. The van der Waals surface area contributed by atoms with Gasteiger partial charge < -0.3 is 10.0 Å². The number of hydrogen-bond acceptors (Lipinski definition) is 3. The molecule has 0 spiro atoms. The molecule has 2 aliphatic rings. The quantitative estimate of drug-likeness (QED) is 0.695. The van der Waals surface area contributed by atoms with E-state index in [1.54, 1.807) is 4.68 Å². The average Bonchev–Trinajstić information content (AvgIpc) is 3.35. The number of carbonyl (C=O) groups is 1. The summed E-state index contributed by atoms with van der Waals surface area (Å²) >= 11 is 0. The van der Waals surface area contributed by atoms with E-state index in [2.05, 4.69) is 29.4 Å². The summed E-state index contributed by atoms with van der Waals surface area (Å²) in [6.07, 6.45) is 6.01. The molecule has 5 heteroatoms. The van der Waals surface area contributed by atoms with Gasteiger partial charge in [-0.05, 0) is 54.9 Å². The molecular formula is C25H27N3O2. The fourth-order valence-electron chi connectivity index (χ4n) is 4.89. The third-order valence-electron chi connectivity index (χ3n) is 6.33. The fourth-order valence-corrected chi connectivity index (χ4v) is 4.89. The van der Waals surface area contributed by atoms with E-state index in [-0.39, 0.29) is 11.9 Å². The van der Waals surface area contributed by atoms with Crippen molar-refractivity contribution < 1.29 is 9.90 Å². The number of nitrogens with zero attached hydrogens (tertiary/aromatic N) is 3. The Kier molecular flexibility index (Phi) is 4.33. The van der Waals surface area contributed by atoms with Crippen molar-refractivity contribution in [2.75, 3.05) is 0 Å². The predicted octanol–water partition coefficient (Wildman–Crippen LogP) is 4.26. The zero-order valence-electron chi connectivity index (χ0n) is 17.7. The van der Waals surface area contributed by atoms with E-state index >= 15 is 0 Å². The number of rotatable bonds is 5. The Morgan fingerprint density at radius 2 is 1.77 bits per heavy atom. The molecule has 1 unspecified atom stereocenters. The molecule has 0 bridgehead atoms. The van der Waals surface area contributed by atoms with E-state index < -0.39 is 5.60 Å². The lowest BCUT2D eigenvalue weighted by Gasteiger charge is -2.37. The maximum absolute atomic E-state index is 13.5. The van der Waals surface area contributed by atoms with Gasteiger partial charge >= 0.3 is 0 Å². The number of aliphatic hydroxyl groups is 1. The number of aryl methyl sites for hydroxylation is 1. The number of hydrogen-bond donors (Lipinski definition) is 1. The minimum atomic E-state index is -0.912. The second kappa shape index (κ2) is 6.81. The molecule has 154 valence electrons. The molecule has 1 aliphatic heterocycles. The standard InChI is InChI=1S/C25H27N3O2/c1-25(2,30)23(18-11-12-18)28-15-19-5-4-6-21(22(19)24(28)29)17-9-7-16(8-10-17)20-13-26-27(3)14-20/h4-10,13-14,18,23,30H,11-12,15H2,1-3H3. The summed E-state index contributed by atoms with van der Waals surface area (Å²) in [5.74, 6) is 0.432. The lowest BCUT2D eigenvalue weighted by molar-refractivity contribution is -0.0224. The van der Waals surface area contributed by atoms with E-state index in [4.69, 9.17) is 0 Å². The van der Waals surface area contributed by atoms with Gasteiger partial charge in [0.15, 0.2) is 0 Å². The molecule has 0 saturated heterocycles. The van der Waals surface area contributed by atoms with E-state index in [9.17, 15) is 9.90 Å². The maximum Gasteiger partial charge on any atom is 0.255 e. The molecule has 1 atom stereocenters. The van der Waals surface area contributed by atoms with Gasteiger partial charge in [-0.15, -0.1) is 0 Å². The summed E-state index contributed by atoms with van der Waals surface area (Å²) in [5.41, 5.74) is 5.07. The minimum absolute atomic E-state index is 0.0379. The molecule has 1 N–H and O–H groups in total. The number of fused-ring (bicyclic) bond motifs is 1. The van der Waals surface area contributed by atoms with Gasteiger partial charge in [0.2, 0.25) is 0 Å². The second-order valence-electron chi connectivity index (χ2n) is 9.19. The highest BCUT2D eigenvalue weighted by atomic mass is 16.3. The molecule has 0 radical (unpaired) electrons. The molecule has 1 fully saturated rings. The van der Waals surface area contributed by atoms with Crippen LogP contribution in [0.5, 0.6) is 0 Å². The first-order valence-corrected chi connectivity index (χ1v) is 10.6. The average molecular weight is 402 g/mol. The van der Waals surface area contributed by atoms with Crippen LogP contribution in [-0.2, 0) is 13.6 Å². The van der Waals surface area contributed by atoms with E-state index in [0.29, 0.717) is 12.5 Å². The number of aromatic nitrogens is 2. The topological polar surface area (TPSA) is 58.4 Å². The zero-order valence-corrected chi connectivity index (χ0v) is 17.7.